The molecule has 1 atom stereocenters. The Labute approximate surface area is 106 Å². The van der Waals surface area contributed by atoms with Gasteiger partial charge in [-0.15, -0.1) is 0 Å². The molecule has 1 fully saturated rings. The molecule has 2 rings (SSSR count). The van der Waals surface area contributed by atoms with Gasteiger partial charge >= 0.3 is 0 Å². The summed E-state index contributed by atoms with van der Waals surface area (Å²) in [6, 6.07) is 3.33. The van der Waals surface area contributed by atoms with Crippen molar-refractivity contribution in [2.75, 3.05) is 18.2 Å². The van der Waals surface area contributed by atoms with E-state index < -0.39 is 0 Å². The van der Waals surface area contributed by atoms with Crippen LogP contribution in [-0.4, -0.2) is 30.1 Å². The van der Waals surface area contributed by atoms with Crippen LogP contribution in [-0.2, 0) is 4.79 Å². The number of nitrogens with one attached hydrogen (secondary N) is 2. The second kappa shape index (κ2) is 5.12. The lowest BCUT2D eigenvalue weighted by Gasteiger charge is -2.16. The number of nitrogens with two attached hydrogens (primary N) is 1. The van der Waals surface area contributed by atoms with E-state index in [4.69, 9.17) is 10.5 Å². The summed E-state index contributed by atoms with van der Waals surface area (Å²) in [6.07, 6.45) is 2.13. The summed E-state index contributed by atoms with van der Waals surface area (Å²) in [5.41, 5.74) is 6.28. The van der Waals surface area contributed by atoms with Gasteiger partial charge in [0.15, 0.2) is 5.82 Å². The van der Waals surface area contributed by atoms with Crippen LogP contribution < -0.4 is 21.1 Å². The van der Waals surface area contributed by atoms with Crippen molar-refractivity contribution in [1.82, 2.24) is 10.3 Å². The average molecular weight is 250 g/mol. The molecule has 1 unspecified atom stereocenters. The first-order valence-corrected chi connectivity index (χ1v) is 5.97. The van der Waals surface area contributed by atoms with Crippen LogP contribution in [0.3, 0.4) is 0 Å². The van der Waals surface area contributed by atoms with Crippen LogP contribution in [0.15, 0.2) is 12.1 Å². The highest BCUT2D eigenvalue weighted by Crippen LogP contribution is 2.21. The predicted octanol–water partition coefficient (Wildman–Crippen LogP) is 0.751. The molecule has 1 heterocycles. The average Bonchev–Trinajstić information content (AvgIpc) is 3.15. The first kappa shape index (κ1) is 12.5. The van der Waals surface area contributed by atoms with Crippen molar-refractivity contribution in [3.05, 3.63) is 12.1 Å². The van der Waals surface area contributed by atoms with Gasteiger partial charge in [0, 0.05) is 12.1 Å². The van der Waals surface area contributed by atoms with Gasteiger partial charge in [-0.3, -0.25) is 4.79 Å². The summed E-state index contributed by atoms with van der Waals surface area (Å²) >= 11 is 0. The highest BCUT2D eigenvalue weighted by molar-refractivity contribution is 5.85. The number of methoxy groups -OCH3 is 1. The third kappa shape index (κ3) is 3.03. The topological polar surface area (TPSA) is 89.3 Å². The van der Waals surface area contributed by atoms with Gasteiger partial charge in [-0.05, 0) is 25.8 Å². The van der Waals surface area contributed by atoms with Crippen molar-refractivity contribution < 1.29 is 9.53 Å². The van der Waals surface area contributed by atoms with Crippen molar-refractivity contribution in [2.45, 2.75) is 31.8 Å². The summed E-state index contributed by atoms with van der Waals surface area (Å²) in [6.45, 7) is 1.78. The minimum absolute atomic E-state index is 0.0403. The number of ether oxygens (including phenoxy) is 1. The number of amides is 1. The number of nitrogens with zero attached hydrogens (tertiary/aromatic N) is 1. The molecule has 1 aliphatic rings. The van der Waals surface area contributed by atoms with E-state index in [9.17, 15) is 4.79 Å². The smallest absolute Gasteiger partial charge is 0.242 e. The molecule has 6 nitrogen and oxygen atoms in total. The summed E-state index contributed by atoms with van der Waals surface area (Å²) in [5.74, 6) is 0.885. The maximum Gasteiger partial charge on any atom is 0.242 e. The molecule has 0 spiro atoms. The van der Waals surface area contributed by atoms with Crippen molar-refractivity contribution in [3.8, 4) is 5.88 Å². The van der Waals surface area contributed by atoms with Crippen LogP contribution in [0.1, 0.15) is 19.8 Å². The number of hydrogen-bond donors (Lipinski definition) is 3. The Morgan fingerprint density at radius 1 is 1.56 bits per heavy atom. The Balaban J connectivity index is 2.00. The molecule has 1 amide bonds. The van der Waals surface area contributed by atoms with E-state index in [1.807, 2.05) is 0 Å². The molecule has 1 aromatic rings. The lowest BCUT2D eigenvalue weighted by molar-refractivity contribution is -0.121. The minimum Gasteiger partial charge on any atom is -0.481 e. The first-order valence-electron chi connectivity index (χ1n) is 5.97. The largest absolute Gasteiger partial charge is 0.481 e. The van der Waals surface area contributed by atoms with Crippen molar-refractivity contribution >= 4 is 17.4 Å². The summed E-state index contributed by atoms with van der Waals surface area (Å²) < 4.78 is 5.02. The molecule has 1 aliphatic carbocycles. The number of carbonyl (C=O) groups is 1. The lowest BCUT2D eigenvalue weighted by Crippen LogP contribution is -2.39. The minimum atomic E-state index is -0.382. The van der Waals surface area contributed by atoms with Crippen LogP contribution in [0.2, 0.25) is 0 Å². The summed E-state index contributed by atoms with van der Waals surface area (Å²) in [4.78, 5) is 16.0. The second-order valence-electron chi connectivity index (χ2n) is 4.44. The first-order chi connectivity index (χ1) is 8.60. The van der Waals surface area contributed by atoms with Gasteiger partial charge in [-0.2, -0.15) is 4.98 Å². The van der Waals surface area contributed by atoms with Crippen LogP contribution in [0.5, 0.6) is 5.88 Å². The standard InChI is InChI=1S/C12H18N4O2/c1-7(12(17)15-8-3-4-8)14-11-9(13)5-6-10(16-11)18-2/h5-8H,3-4,13H2,1-2H3,(H,14,16)(H,15,17). The molecule has 1 saturated carbocycles. The van der Waals surface area contributed by atoms with Gasteiger partial charge in [0.05, 0.1) is 12.8 Å². The van der Waals surface area contributed by atoms with Crippen LogP contribution in [0.25, 0.3) is 0 Å². The van der Waals surface area contributed by atoms with Crippen LogP contribution >= 0.6 is 0 Å². The molecule has 4 N–H and O–H groups in total. The predicted molar refractivity (Wildman–Crippen MR) is 69.5 cm³/mol. The molecular formula is C12H18N4O2. The fourth-order valence-electron chi connectivity index (χ4n) is 1.51. The van der Waals surface area contributed by atoms with Crippen molar-refractivity contribution in [2.24, 2.45) is 0 Å². The van der Waals surface area contributed by atoms with Crippen molar-refractivity contribution in [1.29, 1.82) is 0 Å². The number of anilines is 2. The van der Waals surface area contributed by atoms with Gasteiger partial charge in [-0.1, -0.05) is 0 Å². The van der Waals surface area contributed by atoms with E-state index in [0.717, 1.165) is 12.8 Å². The van der Waals surface area contributed by atoms with E-state index in [1.165, 1.54) is 7.11 Å². The molecule has 6 heteroatoms. The molecule has 0 aromatic carbocycles. The molecule has 0 saturated heterocycles. The van der Waals surface area contributed by atoms with E-state index in [2.05, 4.69) is 15.6 Å². The van der Waals surface area contributed by atoms with Gasteiger partial charge in [0.2, 0.25) is 11.8 Å². The molecular weight excluding hydrogens is 232 g/mol. The molecule has 98 valence electrons. The monoisotopic (exact) mass is 250 g/mol. The number of hydrogen-bond acceptors (Lipinski definition) is 5. The number of aromatic nitrogens is 1. The van der Waals surface area contributed by atoms with Crippen molar-refractivity contribution in [3.63, 3.8) is 0 Å². The Hall–Kier alpha value is -1.98. The van der Waals surface area contributed by atoms with E-state index in [0.29, 0.717) is 23.4 Å². The molecule has 0 radical (unpaired) electrons. The summed E-state index contributed by atoms with van der Waals surface area (Å²) in [5, 5.41) is 5.91. The van der Waals surface area contributed by atoms with E-state index in [-0.39, 0.29) is 11.9 Å². The quantitative estimate of drug-likeness (QED) is 0.717. The highest BCUT2D eigenvalue weighted by Gasteiger charge is 2.25. The SMILES string of the molecule is COc1ccc(N)c(NC(C)C(=O)NC2CC2)n1. The molecule has 1 aromatic heterocycles. The van der Waals surface area contributed by atoms with Gasteiger partial charge in [-0.25, -0.2) is 0 Å². The maximum absolute atomic E-state index is 11.8. The molecule has 0 bridgehead atoms. The van der Waals surface area contributed by atoms with E-state index >= 15 is 0 Å². The second-order valence-corrected chi connectivity index (χ2v) is 4.44. The third-order valence-electron chi connectivity index (χ3n) is 2.78. The Kier molecular flexibility index (Phi) is 3.55. The van der Waals surface area contributed by atoms with Crippen LogP contribution in [0, 0.1) is 0 Å². The third-order valence-corrected chi connectivity index (χ3v) is 2.78. The zero-order valence-electron chi connectivity index (χ0n) is 10.6. The Bertz CT molecular complexity index is 446. The zero-order chi connectivity index (χ0) is 13.1. The van der Waals surface area contributed by atoms with Crippen LogP contribution in [0.4, 0.5) is 11.5 Å². The van der Waals surface area contributed by atoms with Gasteiger partial charge < -0.3 is 21.1 Å². The van der Waals surface area contributed by atoms with Gasteiger partial charge in [0.1, 0.15) is 6.04 Å². The van der Waals surface area contributed by atoms with Gasteiger partial charge in [0.25, 0.3) is 0 Å². The zero-order valence-corrected chi connectivity index (χ0v) is 10.6. The normalized spacial score (nSPS) is 15.9. The van der Waals surface area contributed by atoms with E-state index in [1.54, 1.807) is 19.1 Å². The number of pyridine rings is 1. The summed E-state index contributed by atoms with van der Waals surface area (Å²) in [7, 11) is 1.53. The Morgan fingerprint density at radius 2 is 2.28 bits per heavy atom. The molecule has 18 heavy (non-hydrogen) atoms. The Morgan fingerprint density at radius 3 is 2.89 bits per heavy atom. The number of carbonyl (C=O) groups excluding carboxylic acids is 1. The number of rotatable bonds is 5. The molecule has 0 aliphatic heterocycles. The highest BCUT2D eigenvalue weighted by atomic mass is 16.5. The number of nitrogen functional groups attached to an aromatic ring is 1. The fraction of sp³-hybridized carbons (Fsp3) is 0.500. The lowest BCUT2D eigenvalue weighted by atomic mass is 10.3. The fourth-order valence-corrected chi connectivity index (χ4v) is 1.51. The maximum atomic E-state index is 11.8.